The smallest absolute Gasteiger partial charge is 0.483 e. The molecule has 2 aromatic carbocycles. The molecule has 0 unspecified atom stereocenters. The van der Waals surface area contributed by atoms with Crippen molar-refractivity contribution >= 4 is 15.7 Å². The molecule has 1 heterocycles. The van der Waals surface area contributed by atoms with E-state index in [0.29, 0.717) is 16.7 Å². The van der Waals surface area contributed by atoms with E-state index in [0.717, 1.165) is 12.1 Å². The molecule has 1 aliphatic rings. The van der Waals surface area contributed by atoms with Crippen LogP contribution in [0.2, 0.25) is 0 Å². The van der Waals surface area contributed by atoms with Gasteiger partial charge in [-0.1, -0.05) is 12.1 Å². The fraction of sp³-hybridized carbons (Fsp3) is 0.222. The third-order valence-electron chi connectivity index (χ3n) is 3.75. The van der Waals surface area contributed by atoms with E-state index in [-0.39, 0.29) is 5.75 Å². The maximum Gasteiger partial charge on any atom is 0.534 e. The number of alkyl halides is 3. The quantitative estimate of drug-likeness (QED) is 0.426. The van der Waals surface area contributed by atoms with Crippen LogP contribution in [-0.4, -0.2) is 19.5 Å². The Hall–Kier alpha value is -2.55. The van der Waals surface area contributed by atoms with E-state index in [1.807, 2.05) is 0 Å². The molecule has 3 rings (SSSR count). The molecule has 0 aliphatic carbocycles. The van der Waals surface area contributed by atoms with Gasteiger partial charge in [0.05, 0.1) is 0 Å². The summed E-state index contributed by atoms with van der Waals surface area (Å²) in [7, 11) is -5.79. The van der Waals surface area contributed by atoms with Crippen molar-refractivity contribution in [2.24, 2.45) is 0 Å². The Morgan fingerprint density at radius 3 is 2.26 bits per heavy atom. The van der Waals surface area contributed by atoms with Crippen molar-refractivity contribution in [2.75, 3.05) is 0 Å². The topological polar surface area (TPSA) is 52.6 Å². The third-order valence-corrected chi connectivity index (χ3v) is 4.73. The number of hydrogen-bond donors (Lipinski definition) is 0. The standard InChI is InChI=1S/C18H14F4O4S/c1-17(2)10-15(11-3-5-12(19)6-4-11)14-8-7-13(9-16(14)25-17)26-27(23,24)18(20,21)22/h3-10H,1-2H3. The highest BCUT2D eigenvalue weighted by Crippen LogP contribution is 2.41. The summed E-state index contributed by atoms with van der Waals surface area (Å²) in [5.41, 5.74) is -4.52. The third kappa shape index (κ3) is 3.92. The lowest BCUT2D eigenvalue weighted by molar-refractivity contribution is -0.0500. The van der Waals surface area contributed by atoms with E-state index >= 15 is 0 Å². The molecule has 0 saturated carbocycles. The summed E-state index contributed by atoms with van der Waals surface area (Å²) < 4.78 is 83.0. The van der Waals surface area contributed by atoms with Crippen LogP contribution in [0.25, 0.3) is 5.57 Å². The van der Waals surface area contributed by atoms with Gasteiger partial charge in [-0.3, -0.25) is 0 Å². The molecular formula is C18H14F4O4S. The summed E-state index contributed by atoms with van der Waals surface area (Å²) >= 11 is 0. The van der Waals surface area contributed by atoms with Gasteiger partial charge in [0.1, 0.15) is 22.9 Å². The minimum Gasteiger partial charge on any atom is -0.483 e. The van der Waals surface area contributed by atoms with Gasteiger partial charge in [0, 0.05) is 11.6 Å². The van der Waals surface area contributed by atoms with E-state index in [9.17, 15) is 26.0 Å². The zero-order valence-electron chi connectivity index (χ0n) is 14.2. The number of benzene rings is 2. The first-order valence-corrected chi connectivity index (χ1v) is 9.12. The summed E-state index contributed by atoms with van der Waals surface area (Å²) in [6, 6.07) is 9.26. The molecule has 27 heavy (non-hydrogen) atoms. The molecule has 0 aromatic heterocycles. The fourth-order valence-corrected chi connectivity index (χ4v) is 3.09. The second kappa shape index (κ2) is 6.26. The maximum atomic E-state index is 13.2. The van der Waals surface area contributed by atoms with Gasteiger partial charge in [-0.2, -0.15) is 21.6 Å². The van der Waals surface area contributed by atoms with Crippen molar-refractivity contribution in [1.82, 2.24) is 0 Å². The summed E-state index contributed by atoms with van der Waals surface area (Å²) in [5.74, 6) is -0.786. The van der Waals surface area contributed by atoms with E-state index in [2.05, 4.69) is 4.18 Å². The van der Waals surface area contributed by atoms with Crippen molar-refractivity contribution in [3.8, 4) is 11.5 Å². The molecule has 0 fully saturated rings. The van der Waals surface area contributed by atoms with Crippen LogP contribution in [0.1, 0.15) is 25.0 Å². The number of ether oxygens (including phenoxy) is 1. The molecule has 2 aromatic rings. The van der Waals surface area contributed by atoms with E-state index in [1.165, 1.54) is 18.2 Å². The molecule has 9 heteroatoms. The molecule has 1 aliphatic heterocycles. The second-order valence-corrected chi connectivity index (χ2v) is 7.95. The first-order chi connectivity index (χ1) is 12.4. The SMILES string of the molecule is CC1(C)C=C(c2ccc(F)cc2)c2ccc(OS(=O)(=O)C(F)(F)F)cc2O1. The molecule has 0 saturated heterocycles. The van der Waals surface area contributed by atoms with Gasteiger partial charge in [0.2, 0.25) is 0 Å². The maximum absolute atomic E-state index is 13.2. The van der Waals surface area contributed by atoms with Gasteiger partial charge >= 0.3 is 15.6 Å². The molecule has 144 valence electrons. The summed E-state index contributed by atoms with van der Waals surface area (Å²) in [6.45, 7) is 3.44. The average molecular weight is 402 g/mol. The number of hydrogen-bond acceptors (Lipinski definition) is 4. The molecule has 4 nitrogen and oxygen atoms in total. The predicted molar refractivity (Wildman–Crippen MR) is 90.2 cm³/mol. The lowest BCUT2D eigenvalue weighted by Crippen LogP contribution is -2.30. The minimum absolute atomic E-state index is 0.150. The number of fused-ring (bicyclic) bond motifs is 1. The summed E-state index contributed by atoms with van der Waals surface area (Å²) in [4.78, 5) is 0. The average Bonchev–Trinajstić information content (AvgIpc) is 2.52. The zero-order valence-corrected chi connectivity index (χ0v) is 15.0. The molecule has 0 N–H and O–H groups in total. The molecule has 0 spiro atoms. The van der Waals surface area contributed by atoms with Gasteiger partial charge in [0.15, 0.2) is 0 Å². The van der Waals surface area contributed by atoms with Crippen LogP contribution in [0.4, 0.5) is 17.6 Å². The fourth-order valence-electron chi connectivity index (χ4n) is 2.64. The molecule has 0 amide bonds. The van der Waals surface area contributed by atoms with Crippen LogP contribution in [0.5, 0.6) is 11.5 Å². The molecule has 0 bridgehead atoms. The van der Waals surface area contributed by atoms with Crippen LogP contribution in [0.15, 0.2) is 48.5 Å². The Morgan fingerprint density at radius 1 is 1.04 bits per heavy atom. The highest BCUT2D eigenvalue weighted by Gasteiger charge is 2.48. The van der Waals surface area contributed by atoms with Crippen molar-refractivity contribution in [1.29, 1.82) is 0 Å². The van der Waals surface area contributed by atoms with Gasteiger partial charge in [-0.15, -0.1) is 0 Å². The van der Waals surface area contributed by atoms with Crippen molar-refractivity contribution in [3.05, 3.63) is 65.5 Å². The van der Waals surface area contributed by atoms with E-state index in [1.54, 1.807) is 32.1 Å². The van der Waals surface area contributed by atoms with Crippen molar-refractivity contribution in [2.45, 2.75) is 25.0 Å². The van der Waals surface area contributed by atoms with Gasteiger partial charge in [0.25, 0.3) is 0 Å². The number of halogens is 4. The second-order valence-electron chi connectivity index (χ2n) is 6.41. The lowest BCUT2D eigenvalue weighted by Gasteiger charge is -2.31. The Bertz CT molecular complexity index is 1010. The van der Waals surface area contributed by atoms with Gasteiger partial charge < -0.3 is 8.92 Å². The minimum atomic E-state index is -5.79. The van der Waals surface area contributed by atoms with Crippen molar-refractivity contribution in [3.63, 3.8) is 0 Å². The van der Waals surface area contributed by atoms with Crippen LogP contribution >= 0.6 is 0 Å². The first kappa shape index (κ1) is 19.2. The van der Waals surface area contributed by atoms with Gasteiger partial charge in [-0.25, -0.2) is 4.39 Å². The monoisotopic (exact) mass is 402 g/mol. The molecular weight excluding hydrogens is 388 g/mol. The Balaban J connectivity index is 2.04. The van der Waals surface area contributed by atoms with E-state index < -0.39 is 32.8 Å². The summed E-state index contributed by atoms with van der Waals surface area (Å²) in [6.07, 6.45) is 1.79. The van der Waals surface area contributed by atoms with Crippen LogP contribution < -0.4 is 8.92 Å². The lowest BCUT2D eigenvalue weighted by atomic mass is 9.90. The van der Waals surface area contributed by atoms with Crippen LogP contribution in [-0.2, 0) is 10.1 Å². The van der Waals surface area contributed by atoms with E-state index in [4.69, 9.17) is 4.74 Å². The first-order valence-electron chi connectivity index (χ1n) is 7.71. The normalized spacial score (nSPS) is 16.1. The zero-order chi connectivity index (χ0) is 20.0. The summed E-state index contributed by atoms with van der Waals surface area (Å²) in [5, 5.41) is 0. The highest BCUT2D eigenvalue weighted by molar-refractivity contribution is 7.88. The Morgan fingerprint density at radius 2 is 1.67 bits per heavy atom. The number of rotatable bonds is 3. The Labute approximate surface area is 153 Å². The van der Waals surface area contributed by atoms with Crippen LogP contribution in [0, 0.1) is 5.82 Å². The predicted octanol–water partition coefficient (Wildman–Crippen LogP) is 4.66. The molecule has 0 atom stereocenters. The highest BCUT2D eigenvalue weighted by atomic mass is 32.2. The van der Waals surface area contributed by atoms with Crippen LogP contribution in [0.3, 0.4) is 0 Å². The molecule has 0 radical (unpaired) electrons. The van der Waals surface area contributed by atoms with Gasteiger partial charge in [-0.05, 0) is 55.3 Å². The Kier molecular flexibility index (Phi) is 4.46. The largest absolute Gasteiger partial charge is 0.534 e. The van der Waals surface area contributed by atoms with Crippen molar-refractivity contribution < 1.29 is 34.9 Å².